The first-order chi connectivity index (χ1) is 9.32. The number of rotatable bonds is 2. The number of hydrogen-bond donors (Lipinski definition) is 0. The van der Waals surface area contributed by atoms with Gasteiger partial charge in [-0.05, 0) is 37.3 Å². The molecule has 0 unspecified atom stereocenters. The first kappa shape index (κ1) is 14.3. The Morgan fingerprint density at radius 1 is 1.20 bits per heavy atom. The highest BCUT2D eigenvalue weighted by molar-refractivity contribution is 5.89. The van der Waals surface area contributed by atoms with Crippen molar-refractivity contribution in [3.05, 3.63) is 47.3 Å². The lowest BCUT2D eigenvalue weighted by Gasteiger charge is -2.14. The van der Waals surface area contributed by atoms with Crippen molar-refractivity contribution < 1.29 is 9.53 Å². The van der Waals surface area contributed by atoms with Gasteiger partial charge in [0.25, 0.3) is 0 Å². The van der Waals surface area contributed by atoms with Gasteiger partial charge < -0.3 is 4.74 Å². The van der Waals surface area contributed by atoms with Gasteiger partial charge in [0.1, 0.15) is 0 Å². The van der Waals surface area contributed by atoms with Crippen LogP contribution in [-0.2, 0) is 10.2 Å². The van der Waals surface area contributed by atoms with Crippen LogP contribution in [0, 0.1) is 6.92 Å². The average Bonchev–Trinajstić information content (AvgIpc) is 2.80. The van der Waals surface area contributed by atoms with Crippen molar-refractivity contribution in [3.8, 4) is 5.69 Å². The van der Waals surface area contributed by atoms with Crippen LogP contribution in [0.15, 0.2) is 30.3 Å². The van der Waals surface area contributed by atoms with E-state index in [0.717, 1.165) is 17.1 Å². The maximum atomic E-state index is 11.4. The predicted molar refractivity (Wildman–Crippen MR) is 78.3 cm³/mol. The molecule has 0 aliphatic heterocycles. The van der Waals surface area contributed by atoms with E-state index in [1.54, 1.807) is 12.1 Å². The summed E-state index contributed by atoms with van der Waals surface area (Å²) in [5.41, 5.74) is 3.61. The highest BCUT2D eigenvalue weighted by Crippen LogP contribution is 2.23. The van der Waals surface area contributed by atoms with Crippen LogP contribution in [0.25, 0.3) is 5.69 Å². The Morgan fingerprint density at radius 3 is 2.25 bits per heavy atom. The monoisotopic (exact) mass is 272 g/mol. The number of benzene rings is 1. The summed E-state index contributed by atoms with van der Waals surface area (Å²) in [6.45, 7) is 8.44. The number of esters is 1. The number of aromatic nitrogens is 2. The predicted octanol–water partition coefficient (Wildman–Crippen LogP) is 3.26. The van der Waals surface area contributed by atoms with Gasteiger partial charge in [0.05, 0.1) is 24.1 Å². The van der Waals surface area contributed by atoms with Gasteiger partial charge in [-0.1, -0.05) is 20.8 Å². The summed E-state index contributed by atoms with van der Waals surface area (Å²) in [4.78, 5) is 11.4. The van der Waals surface area contributed by atoms with Crippen LogP contribution in [0.2, 0.25) is 0 Å². The molecule has 106 valence electrons. The van der Waals surface area contributed by atoms with Gasteiger partial charge in [-0.3, -0.25) is 0 Å². The van der Waals surface area contributed by atoms with E-state index in [-0.39, 0.29) is 11.4 Å². The van der Waals surface area contributed by atoms with Gasteiger partial charge in [0.2, 0.25) is 0 Å². The van der Waals surface area contributed by atoms with Crippen LogP contribution in [0.3, 0.4) is 0 Å². The second-order valence-corrected chi connectivity index (χ2v) is 5.87. The normalized spacial score (nSPS) is 11.4. The Hall–Kier alpha value is -2.10. The van der Waals surface area contributed by atoms with Crippen LogP contribution >= 0.6 is 0 Å². The smallest absolute Gasteiger partial charge is 0.337 e. The maximum absolute atomic E-state index is 11.4. The number of nitrogens with zero attached hydrogens (tertiary/aromatic N) is 2. The lowest BCUT2D eigenvalue weighted by Crippen LogP contribution is -2.12. The molecular formula is C16H20N2O2. The van der Waals surface area contributed by atoms with Gasteiger partial charge in [0.15, 0.2) is 0 Å². The number of aryl methyl sites for hydroxylation is 1. The minimum Gasteiger partial charge on any atom is -0.465 e. The van der Waals surface area contributed by atoms with Crippen LogP contribution in [0.1, 0.15) is 42.5 Å². The van der Waals surface area contributed by atoms with E-state index in [9.17, 15) is 4.79 Å². The van der Waals surface area contributed by atoms with E-state index >= 15 is 0 Å². The molecule has 0 saturated carbocycles. The molecule has 0 bridgehead atoms. The Kier molecular flexibility index (Phi) is 3.66. The molecule has 0 amide bonds. The van der Waals surface area contributed by atoms with Crippen LogP contribution in [0.5, 0.6) is 0 Å². The summed E-state index contributed by atoms with van der Waals surface area (Å²) in [7, 11) is 1.38. The first-order valence-electron chi connectivity index (χ1n) is 6.59. The molecule has 4 heteroatoms. The summed E-state index contributed by atoms with van der Waals surface area (Å²) in [5, 5.41) is 4.65. The molecule has 0 spiro atoms. The SMILES string of the molecule is COC(=O)c1ccc(-n2nc(C(C)(C)C)cc2C)cc1. The van der Waals surface area contributed by atoms with Crippen molar-refractivity contribution in [2.24, 2.45) is 0 Å². The Morgan fingerprint density at radius 2 is 1.80 bits per heavy atom. The molecule has 2 aromatic rings. The van der Waals surface area contributed by atoms with E-state index in [0.29, 0.717) is 5.56 Å². The van der Waals surface area contributed by atoms with Crippen molar-refractivity contribution in [2.45, 2.75) is 33.1 Å². The summed E-state index contributed by atoms with van der Waals surface area (Å²) in [6.07, 6.45) is 0. The molecule has 0 atom stereocenters. The molecule has 1 heterocycles. The number of hydrogen-bond acceptors (Lipinski definition) is 3. The van der Waals surface area contributed by atoms with E-state index in [1.807, 2.05) is 23.7 Å². The van der Waals surface area contributed by atoms with E-state index in [1.165, 1.54) is 7.11 Å². The average molecular weight is 272 g/mol. The Balaban J connectivity index is 2.37. The van der Waals surface area contributed by atoms with Crippen LogP contribution in [-0.4, -0.2) is 22.9 Å². The molecular weight excluding hydrogens is 252 g/mol. The fourth-order valence-electron chi connectivity index (χ4n) is 1.96. The largest absolute Gasteiger partial charge is 0.465 e. The van der Waals surface area contributed by atoms with Gasteiger partial charge in [0, 0.05) is 11.1 Å². The van der Waals surface area contributed by atoms with Crippen LogP contribution < -0.4 is 0 Å². The van der Waals surface area contributed by atoms with Crippen molar-refractivity contribution in [1.29, 1.82) is 0 Å². The summed E-state index contributed by atoms with van der Waals surface area (Å²) in [5.74, 6) is -0.330. The number of carbonyl (C=O) groups excluding carboxylic acids is 1. The lowest BCUT2D eigenvalue weighted by atomic mass is 9.92. The molecule has 1 aromatic heterocycles. The van der Waals surface area contributed by atoms with Crippen molar-refractivity contribution in [3.63, 3.8) is 0 Å². The minimum atomic E-state index is -0.330. The molecule has 2 rings (SSSR count). The minimum absolute atomic E-state index is 0.0158. The standard InChI is InChI=1S/C16H20N2O2/c1-11-10-14(16(2,3)4)17-18(11)13-8-6-12(7-9-13)15(19)20-5/h6-10H,1-5H3. The highest BCUT2D eigenvalue weighted by Gasteiger charge is 2.19. The zero-order chi connectivity index (χ0) is 14.9. The molecule has 0 fully saturated rings. The Bertz CT molecular complexity index is 619. The second kappa shape index (κ2) is 5.12. The topological polar surface area (TPSA) is 44.1 Å². The van der Waals surface area contributed by atoms with E-state index < -0.39 is 0 Å². The van der Waals surface area contributed by atoms with Crippen molar-refractivity contribution in [2.75, 3.05) is 7.11 Å². The van der Waals surface area contributed by atoms with Gasteiger partial charge in [-0.25, -0.2) is 9.48 Å². The zero-order valence-corrected chi connectivity index (χ0v) is 12.6. The first-order valence-corrected chi connectivity index (χ1v) is 6.59. The van der Waals surface area contributed by atoms with Gasteiger partial charge >= 0.3 is 5.97 Å². The van der Waals surface area contributed by atoms with Crippen molar-refractivity contribution in [1.82, 2.24) is 9.78 Å². The molecule has 0 aliphatic rings. The fourth-order valence-corrected chi connectivity index (χ4v) is 1.96. The molecule has 20 heavy (non-hydrogen) atoms. The number of methoxy groups -OCH3 is 1. The maximum Gasteiger partial charge on any atom is 0.337 e. The third-order valence-corrected chi connectivity index (χ3v) is 3.19. The van der Waals surface area contributed by atoms with Gasteiger partial charge in [-0.15, -0.1) is 0 Å². The van der Waals surface area contributed by atoms with Crippen LogP contribution in [0.4, 0.5) is 0 Å². The summed E-state index contributed by atoms with van der Waals surface area (Å²) >= 11 is 0. The fraction of sp³-hybridized carbons (Fsp3) is 0.375. The lowest BCUT2D eigenvalue weighted by molar-refractivity contribution is 0.0601. The Labute approximate surface area is 119 Å². The van der Waals surface area contributed by atoms with E-state index in [4.69, 9.17) is 4.74 Å². The second-order valence-electron chi connectivity index (χ2n) is 5.87. The summed E-state index contributed by atoms with van der Waals surface area (Å²) in [6, 6.07) is 9.34. The quantitative estimate of drug-likeness (QED) is 0.788. The zero-order valence-electron chi connectivity index (χ0n) is 12.6. The molecule has 0 N–H and O–H groups in total. The number of carbonyl (C=O) groups is 1. The molecule has 0 aliphatic carbocycles. The number of ether oxygens (including phenoxy) is 1. The highest BCUT2D eigenvalue weighted by atomic mass is 16.5. The third kappa shape index (κ3) is 2.74. The molecule has 4 nitrogen and oxygen atoms in total. The van der Waals surface area contributed by atoms with Crippen molar-refractivity contribution >= 4 is 5.97 Å². The third-order valence-electron chi connectivity index (χ3n) is 3.19. The molecule has 1 aromatic carbocycles. The van der Waals surface area contributed by atoms with Gasteiger partial charge in [-0.2, -0.15) is 5.10 Å². The van der Waals surface area contributed by atoms with E-state index in [2.05, 4.69) is 31.9 Å². The molecule has 0 radical (unpaired) electrons. The molecule has 0 saturated heterocycles. The summed E-state index contributed by atoms with van der Waals surface area (Å²) < 4.78 is 6.58.